The molecule has 0 aliphatic carbocycles. The fourth-order valence-corrected chi connectivity index (χ4v) is 10.3. The molecule has 3 aliphatic rings. The lowest BCUT2D eigenvalue weighted by Gasteiger charge is -2.35. The zero-order valence-corrected chi connectivity index (χ0v) is 37.9. The van der Waals surface area contributed by atoms with Gasteiger partial charge in [0.05, 0.1) is 29.0 Å². The Morgan fingerprint density at radius 2 is 1.65 bits per heavy atom. The average Bonchev–Trinajstić information content (AvgIpc) is 3.60. The average molecular weight is 888 g/mol. The molecule has 2 aromatic heterocycles. The minimum atomic E-state index is -1.78. The molecule has 7 rings (SSSR count). The second kappa shape index (κ2) is 19.1. The molecule has 14 nitrogen and oxygen atoms in total. The number of piperazine rings is 1. The first-order valence-electron chi connectivity index (χ1n) is 21.3. The van der Waals surface area contributed by atoms with E-state index in [0.29, 0.717) is 53.2 Å². The topological polar surface area (TPSA) is 159 Å². The van der Waals surface area contributed by atoms with Crippen molar-refractivity contribution in [1.29, 1.82) is 0 Å². The van der Waals surface area contributed by atoms with Crippen LogP contribution in [0.15, 0.2) is 53.3 Å². The minimum absolute atomic E-state index is 0. The lowest BCUT2D eigenvalue weighted by Crippen LogP contribution is -2.47. The zero-order chi connectivity index (χ0) is 44.2. The van der Waals surface area contributed by atoms with Crippen LogP contribution in [0.2, 0.25) is 0 Å². The van der Waals surface area contributed by atoms with Gasteiger partial charge in [0.15, 0.2) is 0 Å². The van der Waals surface area contributed by atoms with Gasteiger partial charge in [-0.05, 0) is 108 Å². The summed E-state index contributed by atoms with van der Waals surface area (Å²) in [5.41, 5.74) is 3.29. The van der Waals surface area contributed by atoms with E-state index in [-0.39, 0.29) is 44.4 Å². The van der Waals surface area contributed by atoms with E-state index >= 15 is 0 Å². The molecule has 5 heterocycles. The maximum Gasteiger partial charge on any atom is 0.514 e. The number of esters is 2. The number of pyridine rings is 2. The van der Waals surface area contributed by atoms with Crippen molar-refractivity contribution < 1.29 is 39.6 Å². The third-order valence-corrected chi connectivity index (χ3v) is 13.9. The number of carbonyl (C=O) groups is 4. The minimum Gasteiger partial charge on any atom is -0.457 e. The number of cyclic esters (lactones) is 1. The van der Waals surface area contributed by atoms with E-state index in [1.807, 2.05) is 19.1 Å². The van der Waals surface area contributed by atoms with Gasteiger partial charge in [-0.3, -0.25) is 14.4 Å². The number of amides is 1. The van der Waals surface area contributed by atoms with Crippen LogP contribution >= 0.6 is 21.6 Å². The monoisotopic (exact) mass is 887 g/mol. The SMILES string of the molecule is CCc1c2c(nc3ccc(OC(=O)OC(C)(C)C)cc13)-c1cc3c(c(=O)n1C2)COC(=O)[C@@]3(CC)OC(=O)CCCSSCCCC(=O)Nc1ccc(N2CCN(C)CC2)cc1.[HH]. The molecule has 0 unspecified atom stereocenters. The van der Waals surface area contributed by atoms with E-state index in [0.717, 1.165) is 60.6 Å². The number of hydrogen-bond donors (Lipinski definition) is 1. The second-order valence-electron chi connectivity index (χ2n) is 16.8. The van der Waals surface area contributed by atoms with Crippen molar-refractivity contribution in [2.45, 2.75) is 97.5 Å². The van der Waals surface area contributed by atoms with Gasteiger partial charge in [0.2, 0.25) is 11.5 Å². The van der Waals surface area contributed by atoms with Crippen LogP contribution in [0.3, 0.4) is 0 Å². The molecule has 4 aromatic rings. The fourth-order valence-electron chi connectivity index (χ4n) is 8.11. The van der Waals surface area contributed by atoms with E-state index in [2.05, 4.69) is 34.3 Å². The summed E-state index contributed by atoms with van der Waals surface area (Å²) in [6.45, 7) is 13.1. The van der Waals surface area contributed by atoms with Crippen LogP contribution in [0, 0.1) is 0 Å². The van der Waals surface area contributed by atoms with Gasteiger partial charge >= 0.3 is 18.1 Å². The molecule has 16 heteroatoms. The molecule has 1 N–H and O–H groups in total. The van der Waals surface area contributed by atoms with E-state index < -0.39 is 29.3 Å². The van der Waals surface area contributed by atoms with Gasteiger partial charge in [-0.25, -0.2) is 14.6 Å². The molecule has 62 heavy (non-hydrogen) atoms. The van der Waals surface area contributed by atoms with Gasteiger partial charge in [0.1, 0.15) is 18.0 Å². The van der Waals surface area contributed by atoms with E-state index in [4.69, 9.17) is 23.9 Å². The number of hydrogen-bond acceptors (Lipinski definition) is 14. The number of ether oxygens (including phenoxy) is 4. The molecule has 1 saturated heterocycles. The third-order valence-electron chi connectivity index (χ3n) is 11.3. The number of aryl methyl sites for hydroxylation is 1. The van der Waals surface area contributed by atoms with Crippen molar-refractivity contribution in [2.24, 2.45) is 0 Å². The van der Waals surface area contributed by atoms with Crippen molar-refractivity contribution in [2.75, 3.05) is 54.9 Å². The Balaban J connectivity index is 0.00000661. The lowest BCUT2D eigenvalue weighted by molar-refractivity contribution is -0.189. The molecule has 3 aliphatic heterocycles. The van der Waals surface area contributed by atoms with Gasteiger partial charge in [0.25, 0.3) is 5.56 Å². The standard InChI is InChI=1S/C46H55N5O9S2.H2/c1-7-32-33-25-31(58-44(56)60-45(3,4)5)17-18-37(33)48-41-34(32)27-51-38(41)26-36-35(42(51)54)28-57-43(55)46(36,8-2)59-40(53)12-10-24-62-61-23-9-11-39(52)47-29-13-15-30(16-14-29)50-21-19-49(6)20-22-50;/h13-18,25-26H,7-12,19-24,27-28H2,1-6H3,(H,47,52);1H/t46-;/m0./s1. The number of nitrogens with one attached hydrogen (secondary N) is 1. The Hall–Kier alpha value is -5.06. The quantitative estimate of drug-likeness (QED) is 0.0354. The van der Waals surface area contributed by atoms with Crippen molar-refractivity contribution >= 4 is 67.9 Å². The van der Waals surface area contributed by atoms with Crippen molar-refractivity contribution in [3.63, 3.8) is 0 Å². The van der Waals surface area contributed by atoms with E-state index in [1.165, 1.54) is 5.69 Å². The molecule has 1 amide bonds. The van der Waals surface area contributed by atoms with Crippen molar-refractivity contribution in [3.8, 4) is 17.1 Å². The maximum absolute atomic E-state index is 14.2. The highest BCUT2D eigenvalue weighted by Gasteiger charge is 2.50. The number of rotatable bonds is 15. The van der Waals surface area contributed by atoms with Crippen LogP contribution in [0.4, 0.5) is 16.2 Å². The highest BCUT2D eigenvalue weighted by atomic mass is 33.1. The summed E-state index contributed by atoms with van der Waals surface area (Å²) in [7, 11) is 5.41. The van der Waals surface area contributed by atoms with Gasteiger partial charge in [-0.15, -0.1) is 0 Å². The van der Waals surface area contributed by atoms with Gasteiger partial charge < -0.3 is 38.6 Å². The summed E-state index contributed by atoms with van der Waals surface area (Å²) >= 11 is 0. The van der Waals surface area contributed by atoms with E-state index in [1.54, 1.807) is 78.1 Å². The normalized spacial score (nSPS) is 17.2. The summed E-state index contributed by atoms with van der Waals surface area (Å²) in [4.78, 5) is 75.7. The van der Waals surface area contributed by atoms with Crippen LogP contribution in [-0.4, -0.2) is 88.8 Å². The Kier molecular flexibility index (Phi) is 13.9. The summed E-state index contributed by atoms with van der Waals surface area (Å²) in [5.74, 6) is 0.476. The molecule has 1 atom stereocenters. The van der Waals surface area contributed by atoms with Crippen molar-refractivity contribution in [3.05, 3.63) is 81.1 Å². The van der Waals surface area contributed by atoms with E-state index in [9.17, 15) is 24.0 Å². The molecule has 0 bridgehead atoms. The van der Waals surface area contributed by atoms with Gasteiger partial charge in [0, 0.05) is 79.8 Å². The first-order chi connectivity index (χ1) is 29.7. The van der Waals surface area contributed by atoms with Crippen molar-refractivity contribution in [1.82, 2.24) is 14.5 Å². The van der Waals surface area contributed by atoms with Crippen LogP contribution in [0.5, 0.6) is 5.75 Å². The first kappa shape index (κ1) is 45.0. The molecule has 1 fully saturated rings. The van der Waals surface area contributed by atoms with Crippen LogP contribution in [0.1, 0.15) is 90.4 Å². The number of anilines is 2. The molecular weight excluding hydrogens is 831 g/mol. The summed E-state index contributed by atoms with van der Waals surface area (Å²) in [6.07, 6.45) is 1.60. The number of nitrogens with zero attached hydrogens (tertiary/aromatic N) is 4. The molecule has 332 valence electrons. The third kappa shape index (κ3) is 9.92. The summed E-state index contributed by atoms with van der Waals surface area (Å²) in [6, 6.07) is 14.9. The smallest absolute Gasteiger partial charge is 0.457 e. The summed E-state index contributed by atoms with van der Waals surface area (Å²) in [5, 5.41) is 3.78. The maximum atomic E-state index is 14.2. The number of benzene rings is 2. The number of likely N-dealkylation sites (N-methyl/N-ethyl adjacent to an activating group) is 1. The highest BCUT2D eigenvalue weighted by Crippen LogP contribution is 2.43. The van der Waals surface area contributed by atoms with Crippen LogP contribution in [0.25, 0.3) is 22.3 Å². The van der Waals surface area contributed by atoms with Crippen LogP contribution < -0.4 is 20.5 Å². The molecule has 0 radical (unpaired) electrons. The first-order valence-corrected chi connectivity index (χ1v) is 23.8. The molecular formula is C46H57N5O9S2. The summed E-state index contributed by atoms with van der Waals surface area (Å²) < 4.78 is 24.0. The molecule has 2 aromatic carbocycles. The Morgan fingerprint density at radius 1 is 0.935 bits per heavy atom. The van der Waals surface area contributed by atoms with Gasteiger partial charge in [-0.1, -0.05) is 35.4 Å². The highest BCUT2D eigenvalue weighted by molar-refractivity contribution is 8.76. The fraction of sp³-hybridized carbons (Fsp3) is 0.478. The number of carbonyl (C=O) groups excluding carboxylic acids is 4. The molecule has 0 saturated carbocycles. The Bertz CT molecular complexity index is 2410. The lowest BCUT2D eigenvalue weighted by atomic mass is 9.85. The second-order valence-corrected chi connectivity index (χ2v) is 19.5. The largest absolute Gasteiger partial charge is 0.514 e. The zero-order valence-electron chi connectivity index (χ0n) is 36.3. The van der Waals surface area contributed by atoms with Gasteiger partial charge in [-0.2, -0.15) is 0 Å². The predicted molar refractivity (Wildman–Crippen MR) is 245 cm³/mol. The Morgan fingerprint density at radius 3 is 2.32 bits per heavy atom. The van der Waals surface area contributed by atoms with Crippen LogP contribution in [-0.2, 0) is 53.8 Å². The molecule has 0 spiro atoms. The number of aromatic nitrogens is 2. The predicted octanol–water partition coefficient (Wildman–Crippen LogP) is 8.09. The number of fused-ring (bicyclic) bond motifs is 5. The Labute approximate surface area is 371 Å².